The van der Waals surface area contributed by atoms with Crippen LogP contribution in [0.4, 0.5) is 0 Å². The summed E-state index contributed by atoms with van der Waals surface area (Å²) in [6, 6.07) is 7.81. The van der Waals surface area contributed by atoms with Gasteiger partial charge >= 0.3 is 0 Å². The molecule has 1 aromatic rings. The number of hydrogen-bond donors (Lipinski definition) is 1. The van der Waals surface area contributed by atoms with E-state index in [0.717, 1.165) is 24.2 Å². The Morgan fingerprint density at radius 2 is 2.20 bits per heavy atom. The molecule has 4 heteroatoms. The number of halogens is 1. The maximum absolute atomic E-state index is 11.9. The molecule has 1 unspecified atom stereocenters. The van der Waals surface area contributed by atoms with Gasteiger partial charge in [0.2, 0.25) is 5.91 Å². The first-order valence-corrected chi connectivity index (χ1v) is 7.59. The predicted octanol–water partition coefficient (Wildman–Crippen LogP) is 3.68. The molecule has 1 amide bonds. The van der Waals surface area contributed by atoms with Crippen LogP contribution in [0, 0.1) is 6.92 Å². The third-order valence-electron chi connectivity index (χ3n) is 3.46. The summed E-state index contributed by atoms with van der Waals surface area (Å²) in [7, 11) is 0. The summed E-state index contributed by atoms with van der Waals surface area (Å²) >= 11 is 5.77. The van der Waals surface area contributed by atoms with Gasteiger partial charge in [0, 0.05) is 11.4 Å². The van der Waals surface area contributed by atoms with Gasteiger partial charge in [-0.1, -0.05) is 19.1 Å². The van der Waals surface area contributed by atoms with Crippen molar-refractivity contribution in [3.05, 3.63) is 29.8 Å². The van der Waals surface area contributed by atoms with Crippen LogP contribution in [0.5, 0.6) is 5.75 Å². The van der Waals surface area contributed by atoms with E-state index in [1.807, 2.05) is 38.1 Å². The quantitative estimate of drug-likeness (QED) is 0.743. The fourth-order valence-corrected chi connectivity index (χ4v) is 2.32. The van der Waals surface area contributed by atoms with Crippen molar-refractivity contribution in [2.45, 2.75) is 45.6 Å². The average molecular weight is 298 g/mol. The second-order valence-corrected chi connectivity index (χ2v) is 5.69. The molecule has 0 bridgehead atoms. The van der Waals surface area contributed by atoms with Gasteiger partial charge < -0.3 is 10.1 Å². The number of hydrogen-bond acceptors (Lipinski definition) is 2. The van der Waals surface area contributed by atoms with Crippen molar-refractivity contribution in [1.29, 1.82) is 0 Å². The zero-order valence-electron chi connectivity index (χ0n) is 12.5. The highest BCUT2D eigenvalue weighted by molar-refractivity contribution is 6.17. The first kappa shape index (κ1) is 16.8. The lowest BCUT2D eigenvalue weighted by Crippen LogP contribution is -2.46. The van der Waals surface area contributed by atoms with E-state index in [1.165, 1.54) is 0 Å². The monoisotopic (exact) mass is 297 g/mol. The Morgan fingerprint density at radius 3 is 2.80 bits per heavy atom. The summed E-state index contributed by atoms with van der Waals surface area (Å²) < 4.78 is 5.58. The Morgan fingerprint density at radius 1 is 1.45 bits per heavy atom. The third kappa shape index (κ3) is 5.83. The van der Waals surface area contributed by atoms with Crippen molar-refractivity contribution in [3.63, 3.8) is 0 Å². The second kappa shape index (κ2) is 8.15. The summed E-state index contributed by atoms with van der Waals surface area (Å²) in [5.41, 5.74) is 0.926. The van der Waals surface area contributed by atoms with E-state index in [2.05, 4.69) is 12.2 Å². The summed E-state index contributed by atoms with van der Waals surface area (Å²) in [6.07, 6.45) is 1.99. The van der Waals surface area contributed by atoms with Gasteiger partial charge in [0.25, 0.3) is 0 Å². The highest BCUT2D eigenvalue weighted by Gasteiger charge is 2.23. The van der Waals surface area contributed by atoms with Crippen LogP contribution in [-0.4, -0.2) is 23.9 Å². The zero-order chi connectivity index (χ0) is 15.0. The Bertz CT molecular complexity index is 436. The van der Waals surface area contributed by atoms with E-state index in [9.17, 15) is 4.79 Å². The van der Waals surface area contributed by atoms with Gasteiger partial charge in [-0.3, -0.25) is 4.79 Å². The summed E-state index contributed by atoms with van der Waals surface area (Å²) in [6.45, 7) is 6.47. The van der Waals surface area contributed by atoms with E-state index >= 15 is 0 Å². The molecule has 0 aliphatic rings. The fraction of sp³-hybridized carbons (Fsp3) is 0.562. The Kier molecular flexibility index (Phi) is 6.86. The van der Waals surface area contributed by atoms with Crippen LogP contribution >= 0.6 is 11.6 Å². The molecule has 1 aromatic carbocycles. The highest BCUT2D eigenvalue weighted by atomic mass is 35.5. The molecule has 20 heavy (non-hydrogen) atoms. The first-order valence-electron chi connectivity index (χ1n) is 7.05. The van der Waals surface area contributed by atoms with Gasteiger partial charge in [-0.15, -0.1) is 11.6 Å². The lowest BCUT2D eigenvalue weighted by molar-refractivity contribution is -0.123. The van der Waals surface area contributed by atoms with Crippen molar-refractivity contribution in [3.8, 4) is 5.75 Å². The molecule has 0 aliphatic heterocycles. The standard InChI is InChI=1S/C16H24ClNO2/c1-4-16(3,9-10-17)18-15(19)8-11-20-14-7-5-6-13(2)12-14/h5-7,12H,4,8-11H2,1-3H3,(H,18,19). The van der Waals surface area contributed by atoms with Crippen LogP contribution < -0.4 is 10.1 Å². The molecule has 0 aliphatic carbocycles. The minimum absolute atomic E-state index is 0.00659. The smallest absolute Gasteiger partial charge is 0.223 e. The number of amides is 1. The van der Waals surface area contributed by atoms with E-state index < -0.39 is 0 Å². The van der Waals surface area contributed by atoms with Gasteiger partial charge in [0.15, 0.2) is 0 Å². The van der Waals surface area contributed by atoms with Gasteiger partial charge in [-0.2, -0.15) is 0 Å². The molecule has 1 rings (SSSR count). The van der Waals surface area contributed by atoms with Crippen molar-refractivity contribution >= 4 is 17.5 Å². The fourth-order valence-electron chi connectivity index (χ4n) is 1.90. The van der Waals surface area contributed by atoms with Crippen molar-refractivity contribution in [1.82, 2.24) is 5.32 Å². The number of aryl methyl sites for hydroxylation is 1. The number of rotatable bonds is 8. The van der Waals surface area contributed by atoms with Gasteiger partial charge in [0.05, 0.1) is 13.0 Å². The van der Waals surface area contributed by atoms with Crippen LogP contribution in [-0.2, 0) is 4.79 Å². The van der Waals surface area contributed by atoms with E-state index in [1.54, 1.807) is 0 Å². The molecule has 1 atom stereocenters. The van der Waals surface area contributed by atoms with E-state index in [-0.39, 0.29) is 11.4 Å². The van der Waals surface area contributed by atoms with Crippen LogP contribution in [0.25, 0.3) is 0 Å². The number of carbonyl (C=O) groups excluding carboxylic acids is 1. The Balaban J connectivity index is 2.36. The van der Waals surface area contributed by atoms with Gasteiger partial charge in [-0.05, 0) is 44.4 Å². The molecule has 0 saturated carbocycles. The number of benzene rings is 1. The first-order chi connectivity index (χ1) is 9.49. The molecule has 0 radical (unpaired) electrons. The molecular formula is C16H24ClNO2. The largest absolute Gasteiger partial charge is 0.493 e. The SMILES string of the molecule is CCC(C)(CCCl)NC(=O)CCOc1cccc(C)c1. The predicted molar refractivity (Wildman–Crippen MR) is 83.5 cm³/mol. The van der Waals surface area contributed by atoms with Gasteiger partial charge in [-0.25, -0.2) is 0 Å². The number of alkyl halides is 1. The third-order valence-corrected chi connectivity index (χ3v) is 3.64. The van der Waals surface area contributed by atoms with E-state index in [0.29, 0.717) is 18.9 Å². The molecule has 0 aromatic heterocycles. The lowest BCUT2D eigenvalue weighted by atomic mass is 9.95. The number of ether oxygens (including phenoxy) is 1. The molecular weight excluding hydrogens is 274 g/mol. The minimum atomic E-state index is -0.220. The van der Waals surface area contributed by atoms with Crippen LogP contribution in [0.3, 0.4) is 0 Å². The topological polar surface area (TPSA) is 38.3 Å². The molecule has 3 nitrogen and oxygen atoms in total. The molecule has 0 heterocycles. The van der Waals surface area contributed by atoms with Crippen molar-refractivity contribution in [2.24, 2.45) is 0 Å². The molecule has 1 N–H and O–H groups in total. The number of nitrogens with one attached hydrogen (secondary N) is 1. The van der Waals surface area contributed by atoms with Crippen LogP contribution in [0.2, 0.25) is 0 Å². The van der Waals surface area contributed by atoms with Crippen LogP contribution in [0.1, 0.15) is 38.7 Å². The molecule has 0 fully saturated rings. The van der Waals surface area contributed by atoms with Crippen molar-refractivity contribution in [2.75, 3.05) is 12.5 Å². The second-order valence-electron chi connectivity index (χ2n) is 5.32. The molecule has 0 saturated heterocycles. The maximum Gasteiger partial charge on any atom is 0.223 e. The lowest BCUT2D eigenvalue weighted by Gasteiger charge is -2.29. The molecule has 0 spiro atoms. The van der Waals surface area contributed by atoms with Gasteiger partial charge in [0.1, 0.15) is 5.75 Å². The van der Waals surface area contributed by atoms with Crippen molar-refractivity contribution < 1.29 is 9.53 Å². The number of carbonyl (C=O) groups is 1. The summed E-state index contributed by atoms with van der Waals surface area (Å²) in [5, 5.41) is 3.04. The minimum Gasteiger partial charge on any atom is -0.493 e. The highest BCUT2D eigenvalue weighted by Crippen LogP contribution is 2.16. The van der Waals surface area contributed by atoms with Crippen LogP contribution in [0.15, 0.2) is 24.3 Å². The normalized spacial score (nSPS) is 13.6. The Labute approximate surface area is 126 Å². The average Bonchev–Trinajstić information content (AvgIpc) is 2.39. The Hall–Kier alpha value is -1.22. The molecule has 112 valence electrons. The summed E-state index contributed by atoms with van der Waals surface area (Å²) in [4.78, 5) is 11.9. The zero-order valence-corrected chi connectivity index (χ0v) is 13.3. The summed E-state index contributed by atoms with van der Waals surface area (Å²) in [5.74, 6) is 1.36. The maximum atomic E-state index is 11.9. The van der Waals surface area contributed by atoms with E-state index in [4.69, 9.17) is 16.3 Å².